The van der Waals surface area contributed by atoms with Crippen molar-refractivity contribution in [3.05, 3.63) is 68.2 Å². The molecule has 0 bridgehead atoms. The molecule has 0 aliphatic rings. The molecule has 98 valence electrons. The van der Waals surface area contributed by atoms with Crippen LogP contribution in [0.15, 0.2) is 46.0 Å². The normalized spacial score (nSPS) is 10.2. The first-order valence-electron chi connectivity index (χ1n) is 5.58. The second-order valence-electron chi connectivity index (χ2n) is 3.88. The number of rotatable bonds is 3. The van der Waals surface area contributed by atoms with Gasteiger partial charge < -0.3 is 4.74 Å². The minimum atomic E-state index is -0.484. The third-order valence-corrected chi connectivity index (χ3v) is 2.64. The van der Waals surface area contributed by atoms with Gasteiger partial charge >= 0.3 is 5.97 Å². The molecule has 1 aromatic carbocycles. The lowest BCUT2D eigenvalue weighted by Crippen LogP contribution is -2.28. The fraction of sp³-hybridized carbons (Fsp3) is 0.154. The second-order valence-corrected chi connectivity index (χ2v) is 3.88. The van der Waals surface area contributed by atoms with Crippen LogP contribution in [0, 0.1) is 0 Å². The van der Waals surface area contributed by atoms with Crippen LogP contribution in [0.3, 0.4) is 0 Å². The fourth-order valence-corrected chi connectivity index (χ4v) is 1.72. The van der Waals surface area contributed by atoms with Crippen LogP contribution in [0.1, 0.15) is 15.9 Å². The smallest absolute Gasteiger partial charge is 0.338 e. The number of carbonyl (C=O) groups excluding carboxylic acids is 1. The standard InChI is InChI=1S/C13H12N2O4/c1-19-13(18)10-5-3-2-4-9(10)8-15-12(17)7-6-11(16)14-15/h2-7H,8H2,1H3,(H,14,16). The first-order valence-corrected chi connectivity index (χ1v) is 5.58. The molecule has 0 fully saturated rings. The lowest BCUT2D eigenvalue weighted by Gasteiger charge is -2.09. The molecule has 2 aromatic rings. The maximum absolute atomic E-state index is 11.6. The molecule has 1 N–H and O–H groups in total. The lowest BCUT2D eigenvalue weighted by molar-refractivity contribution is 0.0599. The van der Waals surface area contributed by atoms with Crippen molar-refractivity contribution in [3.8, 4) is 0 Å². The Labute approximate surface area is 108 Å². The summed E-state index contributed by atoms with van der Waals surface area (Å²) in [6.45, 7) is 0.0974. The van der Waals surface area contributed by atoms with Crippen LogP contribution in [-0.4, -0.2) is 22.9 Å². The summed E-state index contributed by atoms with van der Waals surface area (Å²) in [7, 11) is 1.29. The number of carbonyl (C=O) groups is 1. The predicted octanol–water partition coefficient (Wildman–Crippen LogP) is 0.372. The summed E-state index contributed by atoms with van der Waals surface area (Å²) in [4.78, 5) is 34.4. The number of hydrogen-bond acceptors (Lipinski definition) is 4. The van der Waals surface area contributed by atoms with E-state index in [1.165, 1.54) is 13.2 Å². The molecule has 19 heavy (non-hydrogen) atoms. The Kier molecular flexibility index (Phi) is 3.61. The number of benzene rings is 1. The summed E-state index contributed by atoms with van der Waals surface area (Å²) in [6, 6.07) is 9.09. The molecule has 1 heterocycles. The molecule has 0 atom stereocenters. The van der Waals surface area contributed by atoms with Gasteiger partial charge in [-0.15, -0.1) is 0 Å². The molecule has 0 amide bonds. The zero-order chi connectivity index (χ0) is 13.8. The third-order valence-electron chi connectivity index (χ3n) is 2.64. The van der Waals surface area contributed by atoms with Gasteiger partial charge in [-0.1, -0.05) is 18.2 Å². The summed E-state index contributed by atoms with van der Waals surface area (Å²) < 4.78 is 5.81. The van der Waals surface area contributed by atoms with Crippen molar-refractivity contribution in [2.24, 2.45) is 0 Å². The minimum Gasteiger partial charge on any atom is -0.465 e. The summed E-state index contributed by atoms with van der Waals surface area (Å²) in [5.74, 6) is -0.484. The predicted molar refractivity (Wildman–Crippen MR) is 68.2 cm³/mol. The van der Waals surface area contributed by atoms with E-state index < -0.39 is 5.97 Å². The van der Waals surface area contributed by atoms with E-state index in [0.29, 0.717) is 11.1 Å². The molecule has 0 unspecified atom stereocenters. The Morgan fingerprint density at radius 1 is 1.21 bits per heavy atom. The molecular weight excluding hydrogens is 248 g/mol. The lowest BCUT2D eigenvalue weighted by atomic mass is 10.1. The highest BCUT2D eigenvalue weighted by Gasteiger charge is 2.11. The largest absolute Gasteiger partial charge is 0.465 e. The summed E-state index contributed by atoms with van der Waals surface area (Å²) in [6.07, 6.45) is 0. The number of ether oxygens (including phenoxy) is 1. The average molecular weight is 260 g/mol. The Morgan fingerprint density at radius 3 is 2.68 bits per heavy atom. The van der Waals surface area contributed by atoms with E-state index in [9.17, 15) is 14.4 Å². The van der Waals surface area contributed by atoms with Gasteiger partial charge in [0.2, 0.25) is 0 Å². The van der Waals surface area contributed by atoms with Crippen LogP contribution in [0.4, 0.5) is 0 Å². The van der Waals surface area contributed by atoms with Gasteiger partial charge in [-0.3, -0.25) is 14.7 Å². The quantitative estimate of drug-likeness (QED) is 0.808. The van der Waals surface area contributed by atoms with Crippen LogP contribution in [0.25, 0.3) is 0 Å². The van der Waals surface area contributed by atoms with Gasteiger partial charge in [0.15, 0.2) is 0 Å². The van der Waals surface area contributed by atoms with Gasteiger partial charge in [0.25, 0.3) is 11.1 Å². The van der Waals surface area contributed by atoms with E-state index >= 15 is 0 Å². The Morgan fingerprint density at radius 2 is 1.95 bits per heavy atom. The van der Waals surface area contributed by atoms with Crippen LogP contribution >= 0.6 is 0 Å². The summed E-state index contributed by atoms with van der Waals surface area (Å²) >= 11 is 0. The van der Waals surface area contributed by atoms with Gasteiger partial charge in [-0.2, -0.15) is 0 Å². The van der Waals surface area contributed by atoms with Gasteiger partial charge in [-0.25, -0.2) is 9.48 Å². The van der Waals surface area contributed by atoms with Crippen molar-refractivity contribution in [1.29, 1.82) is 0 Å². The van der Waals surface area contributed by atoms with Gasteiger partial charge in [-0.05, 0) is 11.6 Å². The highest BCUT2D eigenvalue weighted by molar-refractivity contribution is 5.90. The Bertz CT molecular complexity index is 715. The van der Waals surface area contributed by atoms with E-state index in [-0.39, 0.29) is 17.7 Å². The number of aromatic amines is 1. The maximum Gasteiger partial charge on any atom is 0.338 e. The van der Waals surface area contributed by atoms with E-state index in [2.05, 4.69) is 9.84 Å². The van der Waals surface area contributed by atoms with E-state index in [0.717, 1.165) is 10.7 Å². The van der Waals surface area contributed by atoms with Crippen molar-refractivity contribution in [3.63, 3.8) is 0 Å². The van der Waals surface area contributed by atoms with E-state index in [1.807, 2.05) is 0 Å². The van der Waals surface area contributed by atoms with Crippen LogP contribution in [0.2, 0.25) is 0 Å². The minimum absolute atomic E-state index is 0.0974. The van der Waals surface area contributed by atoms with Crippen molar-refractivity contribution in [1.82, 2.24) is 9.78 Å². The van der Waals surface area contributed by atoms with Crippen molar-refractivity contribution in [2.75, 3.05) is 7.11 Å². The van der Waals surface area contributed by atoms with Crippen LogP contribution in [0.5, 0.6) is 0 Å². The molecule has 6 heteroatoms. The number of nitrogens with zero attached hydrogens (tertiary/aromatic N) is 1. The molecule has 0 spiro atoms. The Balaban J connectivity index is 2.44. The fourth-order valence-electron chi connectivity index (χ4n) is 1.72. The molecule has 0 saturated heterocycles. The van der Waals surface area contributed by atoms with Crippen molar-refractivity contribution >= 4 is 5.97 Å². The van der Waals surface area contributed by atoms with Crippen LogP contribution < -0.4 is 11.1 Å². The molecule has 2 rings (SSSR count). The molecule has 6 nitrogen and oxygen atoms in total. The van der Waals surface area contributed by atoms with Gasteiger partial charge in [0.1, 0.15) is 0 Å². The summed E-state index contributed by atoms with van der Waals surface area (Å²) in [5.41, 5.74) is 0.231. The monoisotopic (exact) mass is 260 g/mol. The number of aromatic nitrogens is 2. The number of hydrogen-bond donors (Lipinski definition) is 1. The number of nitrogens with one attached hydrogen (secondary N) is 1. The highest BCUT2D eigenvalue weighted by Crippen LogP contribution is 2.10. The Hall–Kier alpha value is -2.63. The van der Waals surface area contributed by atoms with Crippen molar-refractivity contribution < 1.29 is 9.53 Å². The zero-order valence-corrected chi connectivity index (χ0v) is 10.3. The SMILES string of the molecule is COC(=O)c1ccccc1Cn1[nH]c(=O)ccc1=O. The molecule has 0 radical (unpaired) electrons. The molecule has 0 aliphatic carbocycles. The first kappa shape index (κ1) is 12.8. The van der Waals surface area contributed by atoms with E-state index in [4.69, 9.17) is 0 Å². The molecule has 0 aliphatic heterocycles. The summed E-state index contributed by atoms with van der Waals surface area (Å²) in [5, 5.41) is 2.40. The van der Waals surface area contributed by atoms with Gasteiger partial charge in [0, 0.05) is 12.1 Å². The second kappa shape index (κ2) is 5.34. The molecule has 1 aromatic heterocycles. The topological polar surface area (TPSA) is 81.2 Å². The maximum atomic E-state index is 11.6. The number of methoxy groups -OCH3 is 1. The third kappa shape index (κ3) is 2.79. The molecule has 0 saturated carbocycles. The molecular formula is C13H12N2O4. The number of H-pyrrole nitrogens is 1. The zero-order valence-electron chi connectivity index (χ0n) is 10.3. The average Bonchev–Trinajstić information content (AvgIpc) is 2.42. The number of esters is 1. The van der Waals surface area contributed by atoms with Crippen molar-refractivity contribution in [2.45, 2.75) is 6.54 Å². The van der Waals surface area contributed by atoms with E-state index in [1.54, 1.807) is 24.3 Å². The highest BCUT2D eigenvalue weighted by atomic mass is 16.5. The first-order chi connectivity index (χ1) is 9.11. The van der Waals surface area contributed by atoms with Crippen LogP contribution in [-0.2, 0) is 11.3 Å². The van der Waals surface area contributed by atoms with Gasteiger partial charge in [0.05, 0.1) is 19.2 Å².